The van der Waals surface area contributed by atoms with Crippen LogP contribution in [-0.4, -0.2) is 23.7 Å². The molecule has 1 rings (SSSR count). The molecular formula is C12H15ClINO2. The van der Waals surface area contributed by atoms with Gasteiger partial charge < -0.3 is 10.4 Å². The van der Waals surface area contributed by atoms with E-state index < -0.39 is 6.10 Å². The van der Waals surface area contributed by atoms with Gasteiger partial charge in [-0.3, -0.25) is 4.79 Å². The van der Waals surface area contributed by atoms with Crippen molar-refractivity contribution in [3.05, 3.63) is 32.4 Å². The molecule has 0 bridgehead atoms. The van der Waals surface area contributed by atoms with Gasteiger partial charge in [0.05, 0.1) is 11.7 Å². The first-order valence-electron chi connectivity index (χ1n) is 5.33. The second kappa shape index (κ2) is 6.56. The van der Waals surface area contributed by atoms with Crippen molar-refractivity contribution in [1.82, 2.24) is 5.32 Å². The van der Waals surface area contributed by atoms with Crippen molar-refractivity contribution in [1.29, 1.82) is 0 Å². The molecule has 1 aromatic rings. The van der Waals surface area contributed by atoms with Crippen LogP contribution in [0.25, 0.3) is 0 Å². The minimum atomic E-state index is -0.532. The van der Waals surface area contributed by atoms with Crippen molar-refractivity contribution in [3.63, 3.8) is 0 Å². The Morgan fingerprint density at radius 2 is 2.18 bits per heavy atom. The van der Waals surface area contributed by atoms with Crippen LogP contribution < -0.4 is 5.32 Å². The lowest BCUT2D eigenvalue weighted by molar-refractivity contribution is 0.0871. The molecule has 1 unspecified atom stereocenters. The van der Waals surface area contributed by atoms with E-state index in [4.69, 9.17) is 11.6 Å². The van der Waals surface area contributed by atoms with Gasteiger partial charge in [-0.05, 0) is 46.7 Å². The third kappa shape index (κ3) is 4.44. The Hall–Kier alpha value is -0.330. The van der Waals surface area contributed by atoms with Gasteiger partial charge in [-0.2, -0.15) is 0 Å². The monoisotopic (exact) mass is 367 g/mol. The molecule has 5 heteroatoms. The van der Waals surface area contributed by atoms with Gasteiger partial charge in [0.15, 0.2) is 0 Å². The molecule has 0 aliphatic heterocycles. The molecule has 1 aromatic carbocycles. The molecule has 2 N–H and O–H groups in total. The Balaban J connectivity index is 2.67. The van der Waals surface area contributed by atoms with Crippen LogP contribution in [0, 0.1) is 9.49 Å². The van der Waals surface area contributed by atoms with Crippen molar-refractivity contribution < 1.29 is 9.90 Å². The zero-order valence-electron chi connectivity index (χ0n) is 9.71. The molecule has 0 aliphatic rings. The Labute approximate surface area is 120 Å². The number of carbonyl (C=O) groups is 1. The van der Waals surface area contributed by atoms with Crippen LogP contribution >= 0.6 is 34.2 Å². The number of aliphatic hydroxyl groups excluding tert-OH is 1. The summed E-state index contributed by atoms with van der Waals surface area (Å²) >= 11 is 7.92. The summed E-state index contributed by atoms with van der Waals surface area (Å²) in [6, 6.07) is 5.15. The number of aliphatic hydroxyl groups is 1. The molecule has 0 spiro atoms. The van der Waals surface area contributed by atoms with Crippen molar-refractivity contribution >= 4 is 40.1 Å². The lowest BCUT2D eigenvalue weighted by Gasteiger charge is -2.15. The summed E-state index contributed by atoms with van der Waals surface area (Å²) in [5, 5.41) is 12.8. The van der Waals surface area contributed by atoms with Crippen LogP contribution in [0.5, 0.6) is 0 Å². The Kier molecular flexibility index (Phi) is 5.69. The average molecular weight is 368 g/mol. The first-order chi connectivity index (χ1) is 7.91. The Morgan fingerprint density at radius 1 is 1.53 bits per heavy atom. The maximum Gasteiger partial charge on any atom is 0.252 e. The van der Waals surface area contributed by atoms with Crippen molar-refractivity contribution in [2.24, 2.45) is 5.92 Å². The molecule has 0 fully saturated rings. The highest BCUT2D eigenvalue weighted by Crippen LogP contribution is 2.17. The van der Waals surface area contributed by atoms with E-state index in [0.29, 0.717) is 10.6 Å². The van der Waals surface area contributed by atoms with Gasteiger partial charge in [-0.15, -0.1) is 0 Å². The number of benzene rings is 1. The summed E-state index contributed by atoms with van der Waals surface area (Å²) in [6.07, 6.45) is -0.532. The predicted octanol–water partition coefficient (Wildman–Crippen LogP) is 2.69. The molecule has 0 aromatic heterocycles. The normalized spacial score (nSPS) is 12.6. The number of rotatable bonds is 4. The topological polar surface area (TPSA) is 49.3 Å². The number of halogens is 2. The van der Waals surface area contributed by atoms with Crippen LogP contribution in [0.2, 0.25) is 5.02 Å². The van der Waals surface area contributed by atoms with Gasteiger partial charge in [-0.25, -0.2) is 0 Å². The zero-order chi connectivity index (χ0) is 13.0. The maximum atomic E-state index is 11.9. The van der Waals surface area contributed by atoms with Crippen molar-refractivity contribution in [3.8, 4) is 0 Å². The fraction of sp³-hybridized carbons (Fsp3) is 0.417. The third-order valence-electron chi connectivity index (χ3n) is 2.41. The van der Waals surface area contributed by atoms with Gasteiger partial charge in [-0.1, -0.05) is 25.4 Å². The number of carbonyl (C=O) groups excluding carboxylic acids is 1. The number of hydrogen-bond acceptors (Lipinski definition) is 2. The van der Waals surface area contributed by atoms with Gasteiger partial charge in [0.2, 0.25) is 0 Å². The van der Waals surface area contributed by atoms with Gasteiger partial charge in [0.25, 0.3) is 5.91 Å². The largest absolute Gasteiger partial charge is 0.391 e. The smallest absolute Gasteiger partial charge is 0.252 e. The molecule has 1 amide bonds. The van der Waals surface area contributed by atoms with E-state index >= 15 is 0 Å². The first-order valence-corrected chi connectivity index (χ1v) is 6.78. The minimum absolute atomic E-state index is 0.119. The molecule has 1 atom stereocenters. The molecule has 0 saturated heterocycles. The highest BCUT2D eigenvalue weighted by molar-refractivity contribution is 14.1. The van der Waals surface area contributed by atoms with E-state index in [9.17, 15) is 9.90 Å². The van der Waals surface area contributed by atoms with Crippen LogP contribution in [0.1, 0.15) is 24.2 Å². The summed E-state index contributed by atoms with van der Waals surface area (Å²) in [5.41, 5.74) is 0.536. The summed E-state index contributed by atoms with van der Waals surface area (Å²) < 4.78 is 0.837. The number of amides is 1. The van der Waals surface area contributed by atoms with Crippen LogP contribution in [0.15, 0.2) is 18.2 Å². The van der Waals surface area contributed by atoms with Gasteiger partial charge in [0, 0.05) is 15.1 Å². The highest BCUT2D eigenvalue weighted by atomic mass is 127. The molecular weight excluding hydrogens is 352 g/mol. The lowest BCUT2D eigenvalue weighted by atomic mass is 10.1. The lowest BCUT2D eigenvalue weighted by Crippen LogP contribution is -2.35. The predicted molar refractivity (Wildman–Crippen MR) is 77.3 cm³/mol. The molecule has 0 heterocycles. The molecule has 0 radical (unpaired) electrons. The van der Waals surface area contributed by atoms with Crippen molar-refractivity contribution in [2.45, 2.75) is 20.0 Å². The maximum absolute atomic E-state index is 11.9. The standard InChI is InChI=1S/C12H15ClINO2/c1-7(2)11(16)6-15-12(17)9-5-8(13)3-4-10(9)14/h3-5,7,11,16H,6H2,1-2H3,(H,15,17). The van der Waals surface area contributed by atoms with E-state index in [1.165, 1.54) is 0 Å². The summed E-state index contributed by atoms with van der Waals surface area (Å²) in [7, 11) is 0. The molecule has 3 nitrogen and oxygen atoms in total. The molecule has 0 saturated carbocycles. The average Bonchev–Trinajstić information content (AvgIpc) is 2.28. The third-order valence-corrected chi connectivity index (χ3v) is 3.59. The van der Waals surface area contributed by atoms with E-state index in [2.05, 4.69) is 27.9 Å². The quantitative estimate of drug-likeness (QED) is 0.804. The van der Waals surface area contributed by atoms with E-state index in [1.807, 2.05) is 13.8 Å². The Morgan fingerprint density at radius 3 is 2.76 bits per heavy atom. The zero-order valence-corrected chi connectivity index (χ0v) is 12.6. The molecule has 94 valence electrons. The first kappa shape index (κ1) is 14.7. The van der Waals surface area contributed by atoms with E-state index in [-0.39, 0.29) is 18.4 Å². The van der Waals surface area contributed by atoms with E-state index in [1.54, 1.807) is 18.2 Å². The Bertz CT molecular complexity index is 409. The summed E-state index contributed by atoms with van der Waals surface area (Å²) in [5.74, 6) is -0.0923. The summed E-state index contributed by atoms with van der Waals surface area (Å²) in [6.45, 7) is 4.05. The molecule has 0 aliphatic carbocycles. The SMILES string of the molecule is CC(C)C(O)CNC(=O)c1cc(Cl)ccc1I. The number of nitrogens with one attached hydrogen (secondary N) is 1. The number of hydrogen-bond donors (Lipinski definition) is 2. The van der Waals surface area contributed by atoms with Crippen LogP contribution in [-0.2, 0) is 0 Å². The summed E-state index contributed by atoms with van der Waals surface area (Å²) in [4.78, 5) is 11.9. The van der Waals surface area contributed by atoms with E-state index in [0.717, 1.165) is 3.57 Å². The second-order valence-electron chi connectivity index (χ2n) is 4.15. The highest BCUT2D eigenvalue weighted by Gasteiger charge is 2.14. The van der Waals surface area contributed by atoms with Gasteiger partial charge in [0.1, 0.15) is 0 Å². The van der Waals surface area contributed by atoms with Crippen LogP contribution in [0.4, 0.5) is 0 Å². The molecule has 17 heavy (non-hydrogen) atoms. The fourth-order valence-electron chi connectivity index (χ4n) is 1.20. The second-order valence-corrected chi connectivity index (χ2v) is 5.74. The van der Waals surface area contributed by atoms with Gasteiger partial charge >= 0.3 is 0 Å². The van der Waals surface area contributed by atoms with Crippen LogP contribution in [0.3, 0.4) is 0 Å². The fourth-order valence-corrected chi connectivity index (χ4v) is 1.95. The van der Waals surface area contributed by atoms with Crippen molar-refractivity contribution in [2.75, 3.05) is 6.54 Å². The minimum Gasteiger partial charge on any atom is -0.391 e.